The van der Waals surface area contributed by atoms with Crippen LogP contribution in [0.1, 0.15) is 39.8 Å². The first-order valence-electron chi connectivity index (χ1n) is 7.46. The fourth-order valence-electron chi connectivity index (χ4n) is 2.88. The van der Waals surface area contributed by atoms with Gasteiger partial charge < -0.3 is 10.2 Å². The predicted molar refractivity (Wildman–Crippen MR) is 87.2 cm³/mol. The Kier molecular flexibility index (Phi) is 4.56. The molecule has 0 saturated heterocycles. The van der Waals surface area contributed by atoms with Gasteiger partial charge in [0.25, 0.3) is 0 Å². The van der Waals surface area contributed by atoms with Gasteiger partial charge in [-0.3, -0.25) is 0 Å². The predicted octanol–water partition coefficient (Wildman–Crippen LogP) is 4.51. The maximum Gasteiger partial charge on any atom is 0.121 e. The molecule has 0 spiro atoms. The Hall–Kier alpha value is -1.96. The average molecular weight is 284 g/mol. The van der Waals surface area contributed by atoms with Gasteiger partial charge in [0.15, 0.2) is 0 Å². The Morgan fingerprint density at radius 3 is 1.19 bits per heavy atom. The maximum atomic E-state index is 9.80. The number of phenolic OH excluding ortho intramolecular Hbond substituents is 2. The van der Waals surface area contributed by atoms with E-state index in [1.165, 1.54) is 11.1 Å². The molecule has 2 nitrogen and oxygen atoms in total. The Morgan fingerprint density at radius 2 is 0.905 bits per heavy atom. The van der Waals surface area contributed by atoms with Gasteiger partial charge in [-0.1, -0.05) is 24.3 Å². The first-order valence-corrected chi connectivity index (χ1v) is 7.46. The second-order valence-corrected chi connectivity index (χ2v) is 6.01. The van der Waals surface area contributed by atoms with E-state index in [4.69, 9.17) is 0 Å². The van der Waals surface area contributed by atoms with Crippen molar-refractivity contribution in [3.8, 4) is 11.5 Å². The third-order valence-corrected chi connectivity index (χ3v) is 4.03. The Morgan fingerprint density at radius 1 is 0.619 bits per heavy atom. The third-order valence-electron chi connectivity index (χ3n) is 4.03. The number of rotatable bonds is 4. The summed E-state index contributed by atoms with van der Waals surface area (Å²) in [7, 11) is 0. The topological polar surface area (TPSA) is 40.5 Å². The van der Waals surface area contributed by atoms with Gasteiger partial charge in [-0.15, -0.1) is 0 Å². The van der Waals surface area contributed by atoms with E-state index in [9.17, 15) is 10.2 Å². The van der Waals surface area contributed by atoms with Crippen molar-refractivity contribution in [3.05, 3.63) is 57.6 Å². The van der Waals surface area contributed by atoms with Gasteiger partial charge in [0.05, 0.1) is 0 Å². The molecule has 2 rings (SSSR count). The molecule has 112 valence electrons. The Labute approximate surface area is 127 Å². The summed E-state index contributed by atoms with van der Waals surface area (Å²) < 4.78 is 0. The highest BCUT2D eigenvalue weighted by Crippen LogP contribution is 2.25. The lowest BCUT2D eigenvalue weighted by atomic mass is 9.98. The highest BCUT2D eigenvalue weighted by molar-refractivity contribution is 5.43. The number of aromatic hydroxyl groups is 2. The van der Waals surface area contributed by atoms with Crippen LogP contribution in [0.15, 0.2) is 24.3 Å². The molecule has 0 bridgehead atoms. The summed E-state index contributed by atoms with van der Waals surface area (Å²) in [5, 5.41) is 19.6. The van der Waals surface area contributed by atoms with E-state index in [-0.39, 0.29) is 0 Å². The molecule has 0 aliphatic carbocycles. The van der Waals surface area contributed by atoms with Crippen LogP contribution in [0.4, 0.5) is 0 Å². The molecule has 0 unspecified atom stereocenters. The van der Waals surface area contributed by atoms with Crippen molar-refractivity contribution in [1.29, 1.82) is 0 Å². The van der Waals surface area contributed by atoms with Crippen molar-refractivity contribution >= 4 is 0 Å². The summed E-state index contributed by atoms with van der Waals surface area (Å²) in [6.45, 7) is 7.77. The molecule has 2 aromatic carbocycles. The number of hydrogen-bond acceptors (Lipinski definition) is 2. The molecule has 0 heterocycles. The average Bonchev–Trinajstić information content (AvgIpc) is 2.42. The lowest BCUT2D eigenvalue weighted by Crippen LogP contribution is -1.94. The first-order chi connectivity index (χ1) is 9.88. The summed E-state index contributed by atoms with van der Waals surface area (Å²) >= 11 is 0. The van der Waals surface area contributed by atoms with Gasteiger partial charge in [-0.25, -0.2) is 0 Å². The van der Waals surface area contributed by atoms with Crippen LogP contribution in [-0.4, -0.2) is 10.2 Å². The molecule has 2 aromatic rings. The molecule has 0 atom stereocenters. The molecule has 0 aromatic heterocycles. The Bertz CT molecular complexity index is 553. The van der Waals surface area contributed by atoms with Gasteiger partial charge in [0, 0.05) is 0 Å². The van der Waals surface area contributed by atoms with E-state index in [1.54, 1.807) is 0 Å². The highest BCUT2D eigenvalue weighted by atomic mass is 16.3. The molecule has 2 N–H and O–H groups in total. The number of aryl methyl sites for hydroxylation is 6. The second-order valence-electron chi connectivity index (χ2n) is 6.01. The van der Waals surface area contributed by atoms with Crippen LogP contribution in [-0.2, 0) is 12.8 Å². The SMILES string of the molecule is Cc1cc(CCCc2cc(C)c(O)c(C)c2)cc(C)c1O. The zero-order chi connectivity index (χ0) is 15.6. The summed E-state index contributed by atoms with van der Waals surface area (Å²) in [6.07, 6.45) is 3.06. The smallest absolute Gasteiger partial charge is 0.121 e. The standard InChI is InChI=1S/C19H24O2/c1-12-8-16(9-13(2)18(12)20)6-5-7-17-10-14(3)19(21)15(4)11-17/h8-11,20-21H,5-7H2,1-4H3. The quantitative estimate of drug-likeness (QED) is 0.867. The zero-order valence-corrected chi connectivity index (χ0v) is 13.3. The molecule has 0 fully saturated rings. The van der Waals surface area contributed by atoms with E-state index in [0.29, 0.717) is 11.5 Å². The molecular formula is C19H24O2. The van der Waals surface area contributed by atoms with E-state index in [0.717, 1.165) is 41.5 Å². The van der Waals surface area contributed by atoms with Gasteiger partial charge >= 0.3 is 0 Å². The van der Waals surface area contributed by atoms with E-state index >= 15 is 0 Å². The van der Waals surface area contributed by atoms with Gasteiger partial charge in [0.1, 0.15) is 11.5 Å². The van der Waals surface area contributed by atoms with E-state index in [1.807, 2.05) is 27.7 Å². The van der Waals surface area contributed by atoms with Gasteiger partial charge in [-0.05, 0) is 80.3 Å². The fourth-order valence-corrected chi connectivity index (χ4v) is 2.88. The molecule has 21 heavy (non-hydrogen) atoms. The molecule has 0 aliphatic rings. The molecule has 0 saturated carbocycles. The van der Waals surface area contributed by atoms with Crippen molar-refractivity contribution in [2.75, 3.05) is 0 Å². The molecule has 0 radical (unpaired) electrons. The van der Waals surface area contributed by atoms with Crippen molar-refractivity contribution in [2.24, 2.45) is 0 Å². The van der Waals surface area contributed by atoms with Crippen LogP contribution in [0.2, 0.25) is 0 Å². The summed E-state index contributed by atoms with van der Waals surface area (Å²) in [4.78, 5) is 0. The molecule has 0 amide bonds. The second kappa shape index (κ2) is 6.21. The third kappa shape index (κ3) is 3.57. The van der Waals surface area contributed by atoms with E-state index in [2.05, 4.69) is 24.3 Å². The van der Waals surface area contributed by atoms with Crippen LogP contribution >= 0.6 is 0 Å². The lowest BCUT2D eigenvalue weighted by Gasteiger charge is -2.10. The maximum absolute atomic E-state index is 9.80. The minimum atomic E-state index is 0.406. The minimum absolute atomic E-state index is 0.406. The van der Waals surface area contributed by atoms with Crippen molar-refractivity contribution < 1.29 is 10.2 Å². The minimum Gasteiger partial charge on any atom is -0.507 e. The summed E-state index contributed by atoms with van der Waals surface area (Å²) in [5.41, 5.74) is 6.33. The lowest BCUT2D eigenvalue weighted by molar-refractivity contribution is 0.466. The number of benzene rings is 2. The molecule has 2 heteroatoms. The van der Waals surface area contributed by atoms with Crippen LogP contribution < -0.4 is 0 Å². The number of phenols is 2. The summed E-state index contributed by atoms with van der Waals surface area (Å²) in [6, 6.07) is 8.26. The Balaban J connectivity index is 2.02. The van der Waals surface area contributed by atoms with Crippen molar-refractivity contribution in [3.63, 3.8) is 0 Å². The van der Waals surface area contributed by atoms with Gasteiger partial charge in [-0.2, -0.15) is 0 Å². The van der Waals surface area contributed by atoms with E-state index < -0.39 is 0 Å². The highest BCUT2D eigenvalue weighted by Gasteiger charge is 2.05. The van der Waals surface area contributed by atoms with Crippen LogP contribution in [0.25, 0.3) is 0 Å². The first kappa shape index (κ1) is 15.4. The molecular weight excluding hydrogens is 260 g/mol. The molecule has 0 aliphatic heterocycles. The van der Waals surface area contributed by atoms with Crippen molar-refractivity contribution in [2.45, 2.75) is 47.0 Å². The number of hydrogen-bond donors (Lipinski definition) is 2. The summed E-state index contributed by atoms with van der Waals surface area (Å²) in [5.74, 6) is 0.812. The van der Waals surface area contributed by atoms with Crippen LogP contribution in [0.3, 0.4) is 0 Å². The van der Waals surface area contributed by atoms with Crippen LogP contribution in [0.5, 0.6) is 11.5 Å². The normalized spacial score (nSPS) is 10.9. The monoisotopic (exact) mass is 284 g/mol. The fraction of sp³-hybridized carbons (Fsp3) is 0.368. The largest absolute Gasteiger partial charge is 0.507 e. The van der Waals surface area contributed by atoms with Gasteiger partial charge in [0.2, 0.25) is 0 Å². The van der Waals surface area contributed by atoms with Crippen LogP contribution in [0, 0.1) is 27.7 Å². The van der Waals surface area contributed by atoms with Crippen molar-refractivity contribution in [1.82, 2.24) is 0 Å². The zero-order valence-electron chi connectivity index (χ0n) is 13.3.